The van der Waals surface area contributed by atoms with Gasteiger partial charge in [0.1, 0.15) is 6.10 Å². The van der Waals surface area contributed by atoms with Crippen LogP contribution in [0.5, 0.6) is 0 Å². The minimum absolute atomic E-state index is 0.227. The molecule has 0 spiro atoms. The zero-order valence-corrected chi connectivity index (χ0v) is 11.1. The number of carbonyl (C=O) groups excluding carboxylic acids is 1. The van der Waals surface area contributed by atoms with Gasteiger partial charge in [-0.05, 0) is 5.56 Å². The van der Waals surface area contributed by atoms with E-state index < -0.39 is 0 Å². The Morgan fingerprint density at radius 3 is 2.28 bits per heavy atom. The number of esters is 1. The fraction of sp³-hybridized carbons (Fsp3) is 0.500. The molecule has 0 aromatic heterocycles. The SMILES string of the molecule is CCC(=O)OC(CC(OC)OC)c1ccccc1. The molecule has 1 unspecified atom stereocenters. The standard InChI is InChI=1S/C14H20O4/c1-4-13(15)18-12(10-14(16-2)17-3)11-8-6-5-7-9-11/h5-9,12,14H,4,10H2,1-3H3. The third kappa shape index (κ3) is 4.47. The number of ether oxygens (including phenoxy) is 3. The molecule has 0 N–H and O–H groups in total. The molecule has 0 aliphatic rings. The Bertz CT molecular complexity index is 346. The molecule has 1 aromatic rings. The second-order valence-electron chi connectivity index (χ2n) is 3.88. The second-order valence-corrected chi connectivity index (χ2v) is 3.88. The molecule has 0 radical (unpaired) electrons. The van der Waals surface area contributed by atoms with Crippen LogP contribution in [0, 0.1) is 0 Å². The Morgan fingerprint density at radius 1 is 1.17 bits per heavy atom. The maximum absolute atomic E-state index is 11.4. The monoisotopic (exact) mass is 252 g/mol. The van der Waals surface area contributed by atoms with Gasteiger partial charge in [0, 0.05) is 27.1 Å². The average Bonchev–Trinajstić information content (AvgIpc) is 2.44. The van der Waals surface area contributed by atoms with Gasteiger partial charge in [0.05, 0.1) is 0 Å². The minimum atomic E-state index is -0.389. The maximum atomic E-state index is 11.4. The molecule has 100 valence electrons. The lowest BCUT2D eigenvalue weighted by molar-refractivity contribution is -0.160. The van der Waals surface area contributed by atoms with Gasteiger partial charge in [-0.25, -0.2) is 0 Å². The number of hydrogen-bond donors (Lipinski definition) is 0. The average molecular weight is 252 g/mol. The minimum Gasteiger partial charge on any atom is -0.457 e. The Labute approximate surface area is 108 Å². The highest BCUT2D eigenvalue weighted by Crippen LogP contribution is 2.24. The number of hydrogen-bond acceptors (Lipinski definition) is 4. The molecule has 0 saturated carbocycles. The van der Waals surface area contributed by atoms with Crippen molar-refractivity contribution in [2.24, 2.45) is 0 Å². The van der Waals surface area contributed by atoms with Crippen LogP contribution in [-0.4, -0.2) is 26.5 Å². The van der Waals surface area contributed by atoms with Crippen molar-refractivity contribution in [1.82, 2.24) is 0 Å². The highest BCUT2D eigenvalue weighted by molar-refractivity contribution is 5.69. The van der Waals surface area contributed by atoms with Gasteiger partial charge >= 0.3 is 5.97 Å². The van der Waals surface area contributed by atoms with Crippen LogP contribution < -0.4 is 0 Å². The zero-order chi connectivity index (χ0) is 13.4. The van der Waals surface area contributed by atoms with E-state index in [1.165, 1.54) is 0 Å². The van der Waals surface area contributed by atoms with E-state index in [0.717, 1.165) is 5.56 Å². The lowest BCUT2D eigenvalue weighted by atomic mass is 10.1. The molecule has 0 bridgehead atoms. The van der Waals surface area contributed by atoms with Gasteiger partial charge in [0.15, 0.2) is 6.29 Å². The molecule has 0 aliphatic carbocycles. The summed E-state index contributed by atoms with van der Waals surface area (Å²) in [6.07, 6.45) is 0.0971. The molecule has 4 heteroatoms. The molecule has 0 fully saturated rings. The quantitative estimate of drug-likeness (QED) is 0.553. The molecule has 0 saturated heterocycles. The van der Waals surface area contributed by atoms with E-state index in [0.29, 0.717) is 12.8 Å². The van der Waals surface area contributed by atoms with Crippen molar-refractivity contribution >= 4 is 5.97 Å². The van der Waals surface area contributed by atoms with Crippen LogP contribution in [0.1, 0.15) is 31.4 Å². The van der Waals surface area contributed by atoms with Crippen LogP contribution in [0.4, 0.5) is 0 Å². The summed E-state index contributed by atoms with van der Waals surface area (Å²) in [6.45, 7) is 1.77. The normalized spacial score (nSPS) is 12.4. The highest BCUT2D eigenvalue weighted by Gasteiger charge is 2.20. The maximum Gasteiger partial charge on any atom is 0.306 e. The fourth-order valence-electron chi connectivity index (χ4n) is 1.63. The first-order valence-corrected chi connectivity index (χ1v) is 6.01. The number of carbonyl (C=O) groups is 1. The van der Waals surface area contributed by atoms with Crippen molar-refractivity contribution < 1.29 is 19.0 Å². The topological polar surface area (TPSA) is 44.8 Å². The zero-order valence-electron chi connectivity index (χ0n) is 11.1. The van der Waals surface area contributed by atoms with Gasteiger partial charge in [0.25, 0.3) is 0 Å². The van der Waals surface area contributed by atoms with Crippen molar-refractivity contribution in [3.8, 4) is 0 Å². The number of rotatable bonds is 7. The number of methoxy groups -OCH3 is 2. The van der Waals surface area contributed by atoms with Crippen LogP contribution in [0.25, 0.3) is 0 Å². The Kier molecular flexibility index (Phi) is 6.39. The summed E-state index contributed by atoms with van der Waals surface area (Å²) in [6, 6.07) is 9.60. The van der Waals surface area contributed by atoms with Crippen LogP contribution >= 0.6 is 0 Å². The molecule has 0 amide bonds. The van der Waals surface area contributed by atoms with Gasteiger partial charge in [-0.2, -0.15) is 0 Å². The first-order valence-electron chi connectivity index (χ1n) is 6.01. The summed E-state index contributed by atoms with van der Waals surface area (Å²) >= 11 is 0. The first-order chi connectivity index (χ1) is 8.71. The summed E-state index contributed by atoms with van der Waals surface area (Å²) < 4.78 is 15.7. The smallest absolute Gasteiger partial charge is 0.306 e. The molecule has 0 aliphatic heterocycles. The van der Waals surface area contributed by atoms with Crippen molar-refractivity contribution in [2.75, 3.05) is 14.2 Å². The molecular formula is C14H20O4. The van der Waals surface area contributed by atoms with Crippen LogP contribution in [0.15, 0.2) is 30.3 Å². The predicted octanol–water partition coefficient (Wildman–Crippen LogP) is 2.69. The van der Waals surface area contributed by atoms with E-state index in [-0.39, 0.29) is 18.4 Å². The van der Waals surface area contributed by atoms with Crippen molar-refractivity contribution in [3.63, 3.8) is 0 Å². The van der Waals surface area contributed by atoms with Crippen LogP contribution in [0.3, 0.4) is 0 Å². The third-order valence-corrected chi connectivity index (χ3v) is 2.67. The van der Waals surface area contributed by atoms with Crippen LogP contribution in [0.2, 0.25) is 0 Å². The fourth-order valence-corrected chi connectivity index (χ4v) is 1.63. The van der Waals surface area contributed by atoms with E-state index >= 15 is 0 Å². The summed E-state index contributed by atoms with van der Waals surface area (Å²) in [4.78, 5) is 11.4. The molecule has 0 heterocycles. The summed E-state index contributed by atoms with van der Waals surface area (Å²) in [7, 11) is 3.13. The second kappa shape index (κ2) is 7.84. The van der Waals surface area contributed by atoms with E-state index in [1.54, 1.807) is 21.1 Å². The summed E-state index contributed by atoms with van der Waals surface area (Å²) in [5.41, 5.74) is 0.943. The van der Waals surface area contributed by atoms with Gasteiger partial charge in [0.2, 0.25) is 0 Å². The third-order valence-electron chi connectivity index (χ3n) is 2.67. The van der Waals surface area contributed by atoms with Crippen LogP contribution in [-0.2, 0) is 19.0 Å². The largest absolute Gasteiger partial charge is 0.457 e. The van der Waals surface area contributed by atoms with Gasteiger partial charge < -0.3 is 14.2 Å². The molecule has 1 aromatic carbocycles. The number of benzene rings is 1. The molecule has 1 rings (SSSR count). The van der Waals surface area contributed by atoms with Crippen molar-refractivity contribution in [1.29, 1.82) is 0 Å². The van der Waals surface area contributed by atoms with Gasteiger partial charge in [-0.15, -0.1) is 0 Å². The highest BCUT2D eigenvalue weighted by atomic mass is 16.7. The van der Waals surface area contributed by atoms with Crippen molar-refractivity contribution in [3.05, 3.63) is 35.9 Å². The van der Waals surface area contributed by atoms with E-state index in [9.17, 15) is 4.79 Å². The summed E-state index contributed by atoms with van der Waals surface area (Å²) in [5, 5.41) is 0. The molecule has 4 nitrogen and oxygen atoms in total. The molecule has 18 heavy (non-hydrogen) atoms. The predicted molar refractivity (Wildman–Crippen MR) is 68.0 cm³/mol. The van der Waals surface area contributed by atoms with E-state index in [4.69, 9.17) is 14.2 Å². The Morgan fingerprint density at radius 2 is 1.78 bits per heavy atom. The molecule has 1 atom stereocenters. The van der Waals surface area contributed by atoms with E-state index in [2.05, 4.69) is 0 Å². The van der Waals surface area contributed by atoms with Crippen molar-refractivity contribution in [2.45, 2.75) is 32.2 Å². The Hall–Kier alpha value is -1.39. The lowest BCUT2D eigenvalue weighted by Gasteiger charge is -2.22. The lowest BCUT2D eigenvalue weighted by Crippen LogP contribution is -2.20. The first kappa shape index (κ1) is 14.7. The van der Waals surface area contributed by atoms with Gasteiger partial charge in [-0.3, -0.25) is 4.79 Å². The Balaban J connectivity index is 2.78. The van der Waals surface area contributed by atoms with E-state index in [1.807, 2.05) is 30.3 Å². The summed E-state index contributed by atoms with van der Waals surface area (Å²) in [5.74, 6) is -0.227. The van der Waals surface area contributed by atoms with Gasteiger partial charge in [-0.1, -0.05) is 37.3 Å². The molecular weight excluding hydrogens is 232 g/mol.